The molecule has 0 amide bonds. The van der Waals surface area contributed by atoms with E-state index in [4.69, 9.17) is 31.2 Å². The highest BCUT2D eigenvalue weighted by molar-refractivity contribution is 7.80. The van der Waals surface area contributed by atoms with Gasteiger partial charge in [-0.05, 0) is 31.3 Å². The molecule has 2 aromatic rings. The average molecular weight is 392 g/mol. The van der Waals surface area contributed by atoms with Crippen molar-refractivity contribution < 1.29 is 23.7 Å². The van der Waals surface area contributed by atoms with Crippen molar-refractivity contribution in [2.24, 2.45) is 0 Å². The molecule has 0 aliphatic rings. The highest BCUT2D eigenvalue weighted by atomic mass is 32.1. The number of benzene rings is 1. The van der Waals surface area contributed by atoms with Crippen molar-refractivity contribution in [2.45, 2.75) is 6.92 Å². The lowest BCUT2D eigenvalue weighted by Gasteiger charge is -2.15. The van der Waals surface area contributed by atoms with E-state index in [-0.39, 0.29) is 17.5 Å². The number of aromatic nitrogens is 2. The Balaban J connectivity index is 2.12. The minimum absolute atomic E-state index is 0.0622. The molecule has 0 aliphatic carbocycles. The number of rotatable bonds is 8. The van der Waals surface area contributed by atoms with Crippen molar-refractivity contribution >= 4 is 29.0 Å². The van der Waals surface area contributed by atoms with Crippen LogP contribution in [0.15, 0.2) is 30.7 Å². The SMILES string of the molecule is CCOC(=O)CNC(=S)Nc1cncnc1Oc1cccc(OC)c1OC. The van der Waals surface area contributed by atoms with Gasteiger partial charge < -0.3 is 29.6 Å². The molecule has 0 fully saturated rings. The lowest BCUT2D eigenvalue weighted by atomic mass is 10.3. The quantitative estimate of drug-likeness (QED) is 0.513. The molecule has 1 aromatic heterocycles. The third-order valence-corrected chi connectivity index (χ3v) is 3.44. The van der Waals surface area contributed by atoms with Crippen LogP contribution in [-0.4, -0.2) is 48.4 Å². The van der Waals surface area contributed by atoms with Gasteiger partial charge in [0.15, 0.2) is 16.6 Å². The largest absolute Gasteiger partial charge is 0.493 e. The van der Waals surface area contributed by atoms with Crippen LogP contribution in [0.4, 0.5) is 5.69 Å². The molecule has 0 aliphatic heterocycles. The number of hydrogen-bond donors (Lipinski definition) is 2. The molecule has 2 rings (SSSR count). The Morgan fingerprint density at radius 2 is 2.00 bits per heavy atom. The van der Waals surface area contributed by atoms with Crippen LogP contribution in [0.5, 0.6) is 23.1 Å². The molecule has 0 saturated carbocycles. The van der Waals surface area contributed by atoms with Gasteiger partial charge in [0.1, 0.15) is 18.6 Å². The van der Waals surface area contributed by atoms with E-state index < -0.39 is 5.97 Å². The molecule has 1 heterocycles. The fraction of sp³-hybridized carbons (Fsp3) is 0.294. The first kappa shape index (κ1) is 20.2. The second-order valence-corrected chi connectivity index (χ2v) is 5.36. The number of nitrogens with one attached hydrogen (secondary N) is 2. The fourth-order valence-electron chi connectivity index (χ4n) is 2.06. The van der Waals surface area contributed by atoms with Gasteiger partial charge in [0, 0.05) is 0 Å². The number of nitrogens with zero attached hydrogens (tertiary/aromatic N) is 2. The number of ether oxygens (including phenoxy) is 4. The third-order valence-electron chi connectivity index (χ3n) is 3.20. The van der Waals surface area contributed by atoms with Gasteiger partial charge in [-0.3, -0.25) is 4.79 Å². The summed E-state index contributed by atoms with van der Waals surface area (Å²) in [5.41, 5.74) is 0.406. The van der Waals surface area contributed by atoms with E-state index >= 15 is 0 Å². The van der Waals surface area contributed by atoms with Crippen LogP contribution in [0.2, 0.25) is 0 Å². The molecule has 0 saturated heterocycles. The van der Waals surface area contributed by atoms with E-state index in [1.54, 1.807) is 25.1 Å². The van der Waals surface area contributed by atoms with Gasteiger partial charge in [0.05, 0.1) is 27.0 Å². The van der Waals surface area contributed by atoms with Crippen LogP contribution in [0.25, 0.3) is 0 Å². The van der Waals surface area contributed by atoms with Gasteiger partial charge in [-0.15, -0.1) is 0 Å². The maximum atomic E-state index is 11.4. The normalized spacial score (nSPS) is 9.89. The monoisotopic (exact) mass is 392 g/mol. The van der Waals surface area contributed by atoms with E-state index in [1.165, 1.54) is 26.7 Å². The number of carbonyl (C=O) groups excluding carboxylic acids is 1. The van der Waals surface area contributed by atoms with Crippen LogP contribution in [-0.2, 0) is 9.53 Å². The van der Waals surface area contributed by atoms with Crippen molar-refractivity contribution in [1.29, 1.82) is 0 Å². The first-order chi connectivity index (χ1) is 13.1. The van der Waals surface area contributed by atoms with Gasteiger partial charge in [0.25, 0.3) is 0 Å². The zero-order valence-corrected chi connectivity index (χ0v) is 16.0. The van der Waals surface area contributed by atoms with Gasteiger partial charge in [-0.25, -0.2) is 4.98 Å². The summed E-state index contributed by atoms with van der Waals surface area (Å²) >= 11 is 5.17. The minimum Gasteiger partial charge on any atom is -0.493 e. The number of para-hydroxylation sites is 1. The molecule has 9 nitrogen and oxygen atoms in total. The molecule has 0 unspecified atom stereocenters. The predicted molar refractivity (Wildman–Crippen MR) is 103 cm³/mol. The number of anilines is 1. The second kappa shape index (κ2) is 10.1. The maximum Gasteiger partial charge on any atom is 0.325 e. The number of methoxy groups -OCH3 is 2. The zero-order valence-electron chi connectivity index (χ0n) is 15.1. The average Bonchev–Trinajstić information content (AvgIpc) is 2.68. The minimum atomic E-state index is -0.413. The van der Waals surface area contributed by atoms with Gasteiger partial charge in [-0.1, -0.05) is 6.07 Å². The van der Waals surface area contributed by atoms with Crippen molar-refractivity contribution in [3.8, 4) is 23.1 Å². The molecule has 1 aromatic carbocycles. The summed E-state index contributed by atoms with van der Waals surface area (Å²) in [5.74, 6) is 1.15. The molecule has 0 spiro atoms. The number of thiocarbonyl (C=S) groups is 1. The molecular formula is C17H20N4O5S. The summed E-state index contributed by atoms with van der Waals surface area (Å²) < 4.78 is 21.3. The topological polar surface area (TPSA) is 104 Å². The van der Waals surface area contributed by atoms with Crippen LogP contribution in [0.1, 0.15) is 6.92 Å². The van der Waals surface area contributed by atoms with Crippen LogP contribution >= 0.6 is 12.2 Å². The standard InChI is InChI=1S/C17H20N4O5S/c1-4-25-14(22)9-19-17(27)21-11-8-18-10-20-16(11)26-13-7-5-6-12(23-2)15(13)24-3/h5-8,10H,4,9H2,1-3H3,(H2,19,21,27). The van der Waals surface area contributed by atoms with Crippen LogP contribution in [0.3, 0.4) is 0 Å². The molecule has 27 heavy (non-hydrogen) atoms. The number of esters is 1. The smallest absolute Gasteiger partial charge is 0.325 e. The maximum absolute atomic E-state index is 11.4. The highest BCUT2D eigenvalue weighted by Crippen LogP contribution is 2.39. The summed E-state index contributed by atoms with van der Waals surface area (Å²) in [6.07, 6.45) is 2.83. The molecule has 0 atom stereocenters. The Labute approximate surface area is 162 Å². The highest BCUT2D eigenvalue weighted by Gasteiger charge is 2.15. The zero-order chi connectivity index (χ0) is 19.6. The van der Waals surface area contributed by atoms with Gasteiger partial charge in [0.2, 0.25) is 11.6 Å². The first-order valence-corrected chi connectivity index (χ1v) is 8.39. The predicted octanol–water partition coefficient (Wildman–Crippen LogP) is 2.14. The van der Waals surface area contributed by atoms with Crippen molar-refractivity contribution in [3.63, 3.8) is 0 Å². The molecule has 2 N–H and O–H groups in total. The molecular weight excluding hydrogens is 372 g/mol. The fourth-order valence-corrected chi connectivity index (χ4v) is 2.24. The van der Waals surface area contributed by atoms with E-state index in [9.17, 15) is 4.79 Å². The summed E-state index contributed by atoms with van der Waals surface area (Å²) in [7, 11) is 3.05. The van der Waals surface area contributed by atoms with Gasteiger partial charge in [-0.2, -0.15) is 4.98 Å². The molecule has 0 radical (unpaired) electrons. The lowest BCUT2D eigenvalue weighted by molar-refractivity contribution is -0.141. The Bertz CT molecular complexity index is 803. The number of carbonyl (C=O) groups is 1. The summed E-state index contributed by atoms with van der Waals surface area (Å²) in [6.45, 7) is 1.97. The van der Waals surface area contributed by atoms with Gasteiger partial charge >= 0.3 is 5.97 Å². The van der Waals surface area contributed by atoms with E-state index in [1.807, 2.05) is 0 Å². The van der Waals surface area contributed by atoms with Crippen LogP contribution in [0, 0.1) is 0 Å². The van der Waals surface area contributed by atoms with E-state index in [2.05, 4.69) is 20.6 Å². The first-order valence-electron chi connectivity index (χ1n) is 7.98. The lowest BCUT2D eigenvalue weighted by Crippen LogP contribution is -2.34. The van der Waals surface area contributed by atoms with E-state index in [0.29, 0.717) is 29.5 Å². The Morgan fingerprint density at radius 3 is 2.70 bits per heavy atom. The van der Waals surface area contributed by atoms with Crippen LogP contribution < -0.4 is 24.8 Å². The molecule has 144 valence electrons. The Morgan fingerprint density at radius 1 is 1.22 bits per heavy atom. The van der Waals surface area contributed by atoms with Crippen molar-refractivity contribution in [3.05, 3.63) is 30.7 Å². The summed E-state index contributed by atoms with van der Waals surface area (Å²) in [4.78, 5) is 19.5. The summed E-state index contributed by atoms with van der Waals surface area (Å²) in [6, 6.07) is 5.22. The van der Waals surface area contributed by atoms with Crippen molar-refractivity contribution in [1.82, 2.24) is 15.3 Å². The Kier molecular flexibility index (Phi) is 7.56. The molecule has 0 bridgehead atoms. The number of hydrogen-bond acceptors (Lipinski definition) is 8. The van der Waals surface area contributed by atoms with Crippen molar-refractivity contribution in [2.75, 3.05) is 32.7 Å². The summed E-state index contributed by atoms with van der Waals surface area (Å²) in [5, 5.41) is 5.82. The second-order valence-electron chi connectivity index (χ2n) is 4.95. The Hall–Kier alpha value is -3.14. The third kappa shape index (κ3) is 5.68. The van der Waals surface area contributed by atoms with E-state index in [0.717, 1.165) is 0 Å². The molecule has 10 heteroatoms.